The number of benzene rings is 1. The van der Waals surface area contributed by atoms with E-state index >= 15 is 0 Å². The van der Waals surface area contributed by atoms with E-state index in [-0.39, 0.29) is 36.0 Å². The lowest BCUT2D eigenvalue weighted by atomic mass is 10.1. The Kier molecular flexibility index (Phi) is 9.98. The van der Waals surface area contributed by atoms with Crippen LogP contribution >= 0.6 is 27.7 Å². The molecule has 0 unspecified atom stereocenters. The summed E-state index contributed by atoms with van der Waals surface area (Å²) in [5.74, 6) is -1.41. The number of halogens is 1. The number of aliphatic hydroxyl groups excluding tert-OH is 1. The van der Waals surface area contributed by atoms with Gasteiger partial charge in [0.15, 0.2) is 18.1 Å². The largest absolute Gasteiger partial charge is 0.506 e. The molecule has 0 radical (unpaired) electrons. The Hall–Kier alpha value is -2.79. The van der Waals surface area contributed by atoms with Gasteiger partial charge in [0.2, 0.25) is 5.91 Å². The van der Waals surface area contributed by atoms with Crippen LogP contribution in [0.4, 0.5) is 0 Å². The third-order valence-corrected chi connectivity index (χ3v) is 5.91. The molecule has 1 aliphatic rings. The van der Waals surface area contributed by atoms with E-state index in [1.165, 1.54) is 14.2 Å². The zero-order chi connectivity index (χ0) is 24.5. The number of hydrogen-bond acceptors (Lipinski definition) is 9. The van der Waals surface area contributed by atoms with Crippen molar-refractivity contribution in [1.29, 1.82) is 0 Å². The van der Waals surface area contributed by atoms with Gasteiger partial charge < -0.3 is 24.1 Å². The average molecular weight is 542 g/mol. The molecule has 33 heavy (non-hydrogen) atoms. The topological polar surface area (TPSA) is 121 Å². The Morgan fingerprint density at radius 3 is 2.52 bits per heavy atom. The van der Waals surface area contributed by atoms with Crippen LogP contribution in [0.2, 0.25) is 0 Å². The molecule has 0 aromatic heterocycles. The molecule has 178 valence electrons. The smallest absolute Gasteiger partial charge is 0.344 e. The van der Waals surface area contributed by atoms with Crippen molar-refractivity contribution in [3.05, 3.63) is 38.4 Å². The molecule has 1 aromatic rings. The molecule has 0 saturated carbocycles. The summed E-state index contributed by atoms with van der Waals surface area (Å²) in [6, 6.07) is 3.22. The highest BCUT2D eigenvalue weighted by atomic mass is 79.9. The first-order valence-corrected chi connectivity index (χ1v) is 11.6. The number of aliphatic imine (C=N–C) groups is 1. The van der Waals surface area contributed by atoms with Crippen LogP contribution < -0.4 is 9.47 Å². The molecular weight excluding hydrogens is 518 g/mol. The number of methoxy groups -OCH3 is 2. The maximum Gasteiger partial charge on any atom is 0.344 e. The lowest BCUT2D eigenvalue weighted by Crippen LogP contribution is -2.14. The number of esters is 2. The van der Waals surface area contributed by atoms with Crippen molar-refractivity contribution in [3.63, 3.8) is 0 Å². The molecular formula is C22H24BrNO8S. The molecule has 0 atom stereocenters. The summed E-state index contributed by atoms with van der Waals surface area (Å²) in [4.78, 5) is 40.1. The first-order valence-electron chi connectivity index (χ1n) is 9.94. The van der Waals surface area contributed by atoms with Crippen LogP contribution in [0.3, 0.4) is 0 Å². The number of carbonyl (C=O) groups is 3. The van der Waals surface area contributed by atoms with E-state index in [9.17, 15) is 19.5 Å². The molecule has 2 rings (SSSR count). The molecule has 9 nitrogen and oxygen atoms in total. The van der Waals surface area contributed by atoms with Crippen LogP contribution in [0, 0.1) is 0 Å². The Labute approximate surface area is 204 Å². The summed E-state index contributed by atoms with van der Waals surface area (Å²) in [6.07, 6.45) is 2.42. The zero-order valence-corrected chi connectivity index (χ0v) is 21.0. The van der Waals surface area contributed by atoms with Crippen LogP contribution in [0.15, 0.2) is 37.8 Å². The van der Waals surface area contributed by atoms with E-state index in [0.29, 0.717) is 32.9 Å². The van der Waals surface area contributed by atoms with Gasteiger partial charge in [0.25, 0.3) is 0 Å². The molecule has 1 heterocycles. The van der Waals surface area contributed by atoms with Gasteiger partial charge >= 0.3 is 11.9 Å². The first kappa shape index (κ1) is 26.5. The number of ether oxygens (including phenoxy) is 4. The number of aliphatic hydroxyl groups is 1. The van der Waals surface area contributed by atoms with Crippen molar-refractivity contribution in [2.45, 2.75) is 26.7 Å². The summed E-state index contributed by atoms with van der Waals surface area (Å²) in [7, 11) is 2.70. The lowest BCUT2D eigenvalue weighted by Gasteiger charge is -2.12. The van der Waals surface area contributed by atoms with Crippen LogP contribution in [-0.2, 0) is 23.9 Å². The summed E-state index contributed by atoms with van der Waals surface area (Å²) in [5.41, 5.74) is 0.425. The standard InChI is InChI=1S/C22H24BrNO8S/c1-5-7-17(25)24-21-19(22(28)31-6-2)20(27)16(33-21)9-12-8-14(29-3)15(10-13(12)23)32-11-18(26)30-4/h8-10,27H,5-7,11H2,1-4H3/b16-9-,24-21?. The predicted molar refractivity (Wildman–Crippen MR) is 127 cm³/mol. The van der Waals surface area contributed by atoms with Gasteiger partial charge in [0.1, 0.15) is 16.4 Å². The highest BCUT2D eigenvalue weighted by Gasteiger charge is 2.34. The van der Waals surface area contributed by atoms with Crippen LogP contribution in [-0.4, -0.2) is 55.4 Å². The van der Waals surface area contributed by atoms with E-state index in [2.05, 4.69) is 25.7 Å². The Morgan fingerprint density at radius 2 is 1.91 bits per heavy atom. The van der Waals surface area contributed by atoms with E-state index < -0.39 is 17.8 Å². The molecule has 1 amide bonds. The van der Waals surface area contributed by atoms with Gasteiger partial charge in [-0.15, -0.1) is 0 Å². The molecule has 0 aliphatic carbocycles. The lowest BCUT2D eigenvalue weighted by molar-refractivity contribution is -0.143. The van der Waals surface area contributed by atoms with Gasteiger partial charge in [-0.2, -0.15) is 0 Å². The third-order valence-electron chi connectivity index (χ3n) is 4.20. The zero-order valence-electron chi connectivity index (χ0n) is 18.6. The van der Waals surface area contributed by atoms with E-state index in [1.54, 1.807) is 25.1 Å². The number of carbonyl (C=O) groups excluding carboxylic acids is 3. The van der Waals surface area contributed by atoms with Crippen LogP contribution in [0.1, 0.15) is 32.3 Å². The fraction of sp³-hybridized carbons (Fsp3) is 0.364. The fourth-order valence-corrected chi connectivity index (χ4v) is 4.10. The molecule has 1 aromatic carbocycles. The Bertz CT molecular complexity index is 1030. The molecule has 1 N–H and O–H groups in total. The van der Waals surface area contributed by atoms with Crippen molar-refractivity contribution >= 4 is 56.7 Å². The van der Waals surface area contributed by atoms with Gasteiger partial charge in [0, 0.05) is 10.9 Å². The average Bonchev–Trinajstić information content (AvgIpc) is 3.08. The monoisotopic (exact) mass is 541 g/mol. The van der Waals surface area contributed by atoms with Crippen molar-refractivity contribution in [2.75, 3.05) is 27.4 Å². The highest BCUT2D eigenvalue weighted by molar-refractivity contribution is 9.10. The normalized spacial score (nSPS) is 15.7. The molecule has 0 spiro atoms. The SMILES string of the molecule is CCCC(=O)N=C1S/C(=C\c2cc(OC)c(OCC(=O)OC)cc2Br)C(O)=C1C(=O)OCC. The minimum Gasteiger partial charge on any atom is -0.506 e. The molecule has 0 fully saturated rings. The van der Waals surface area contributed by atoms with Crippen molar-refractivity contribution in [2.24, 2.45) is 4.99 Å². The molecule has 0 bridgehead atoms. The van der Waals surface area contributed by atoms with Gasteiger partial charge in [-0.3, -0.25) is 4.79 Å². The third kappa shape index (κ3) is 6.84. The number of thioether (sulfide) groups is 1. The quantitative estimate of drug-likeness (QED) is 0.458. The number of nitrogens with zero attached hydrogens (tertiary/aromatic N) is 1. The minimum atomic E-state index is -0.767. The van der Waals surface area contributed by atoms with Gasteiger partial charge in [-0.05, 0) is 37.1 Å². The Balaban J connectivity index is 2.47. The van der Waals surface area contributed by atoms with E-state index in [1.807, 2.05) is 6.92 Å². The van der Waals surface area contributed by atoms with Crippen molar-refractivity contribution < 1.29 is 38.4 Å². The van der Waals surface area contributed by atoms with Crippen LogP contribution in [0.5, 0.6) is 11.5 Å². The van der Waals surface area contributed by atoms with Gasteiger partial charge in [-0.1, -0.05) is 34.6 Å². The predicted octanol–water partition coefficient (Wildman–Crippen LogP) is 4.20. The van der Waals surface area contributed by atoms with E-state index in [0.717, 1.165) is 11.8 Å². The maximum atomic E-state index is 12.4. The number of hydrogen-bond donors (Lipinski definition) is 1. The van der Waals surface area contributed by atoms with Gasteiger partial charge in [0.05, 0.1) is 25.7 Å². The number of amides is 1. The highest BCUT2D eigenvalue weighted by Crippen LogP contribution is 2.41. The second-order valence-corrected chi connectivity index (χ2v) is 8.39. The summed E-state index contributed by atoms with van der Waals surface area (Å²) >= 11 is 4.41. The second-order valence-electron chi connectivity index (χ2n) is 6.50. The number of rotatable bonds is 9. The van der Waals surface area contributed by atoms with Crippen molar-refractivity contribution in [1.82, 2.24) is 0 Å². The summed E-state index contributed by atoms with van der Waals surface area (Å²) in [6.45, 7) is 3.29. The first-order chi connectivity index (χ1) is 15.7. The van der Waals surface area contributed by atoms with Crippen LogP contribution in [0.25, 0.3) is 6.08 Å². The Morgan fingerprint density at radius 1 is 1.18 bits per heavy atom. The second kappa shape index (κ2) is 12.4. The molecule has 0 saturated heterocycles. The minimum absolute atomic E-state index is 0.0803. The van der Waals surface area contributed by atoms with Crippen molar-refractivity contribution in [3.8, 4) is 11.5 Å². The molecule has 11 heteroatoms. The summed E-state index contributed by atoms with van der Waals surface area (Å²) in [5, 5.41) is 10.8. The summed E-state index contributed by atoms with van der Waals surface area (Å²) < 4.78 is 20.9. The van der Waals surface area contributed by atoms with E-state index in [4.69, 9.17) is 14.2 Å². The fourth-order valence-electron chi connectivity index (χ4n) is 2.65. The van der Waals surface area contributed by atoms with Gasteiger partial charge in [-0.25, -0.2) is 14.6 Å². The maximum absolute atomic E-state index is 12.4. The molecule has 1 aliphatic heterocycles.